The van der Waals surface area contributed by atoms with Gasteiger partial charge in [-0.15, -0.1) is 0 Å². The third-order valence-corrected chi connectivity index (χ3v) is 2.91. The summed E-state index contributed by atoms with van der Waals surface area (Å²) in [6.07, 6.45) is -0.131. The van der Waals surface area contributed by atoms with Crippen LogP contribution >= 0.6 is 0 Å². The van der Waals surface area contributed by atoms with E-state index in [2.05, 4.69) is 16.2 Å². The van der Waals surface area contributed by atoms with Crippen LogP contribution in [0.5, 0.6) is 0 Å². The van der Waals surface area contributed by atoms with Crippen LogP contribution in [0.3, 0.4) is 0 Å². The minimum absolute atomic E-state index is 0.104. The number of carbonyl (C=O) groups is 4. The zero-order chi connectivity index (χ0) is 18.1. The smallest absolute Gasteiger partial charge is 0.303 e. The number of hydrazine groups is 1. The first-order valence-corrected chi connectivity index (χ1v) is 7.49. The maximum atomic E-state index is 11.8. The second-order valence-electron chi connectivity index (χ2n) is 5.62. The van der Waals surface area contributed by atoms with Gasteiger partial charge >= 0.3 is 5.97 Å². The van der Waals surface area contributed by atoms with Crippen LogP contribution in [0, 0.1) is 5.92 Å². The number of rotatable bonds is 7. The minimum Gasteiger partial charge on any atom is -0.481 e. The number of carbonyl (C=O) groups excluding carboxylic acids is 3. The normalized spacial score (nSPS) is 10.1. The number of carboxylic acid groups (broad SMARTS) is 1. The maximum absolute atomic E-state index is 11.8. The van der Waals surface area contributed by atoms with Gasteiger partial charge in [-0.25, -0.2) is 0 Å². The third kappa shape index (κ3) is 7.39. The van der Waals surface area contributed by atoms with Crippen molar-refractivity contribution in [3.63, 3.8) is 0 Å². The van der Waals surface area contributed by atoms with Gasteiger partial charge in [-0.05, 0) is 30.2 Å². The molecule has 0 unspecified atom stereocenters. The first kappa shape index (κ1) is 19.1. The van der Waals surface area contributed by atoms with E-state index in [-0.39, 0.29) is 30.2 Å². The van der Waals surface area contributed by atoms with Crippen LogP contribution in [0.2, 0.25) is 0 Å². The fourth-order valence-electron chi connectivity index (χ4n) is 1.77. The highest BCUT2D eigenvalue weighted by molar-refractivity contribution is 5.96. The zero-order valence-electron chi connectivity index (χ0n) is 13.6. The molecule has 8 nitrogen and oxygen atoms in total. The van der Waals surface area contributed by atoms with E-state index in [4.69, 9.17) is 5.11 Å². The Morgan fingerprint density at radius 3 is 2.12 bits per heavy atom. The number of hydrogen-bond acceptors (Lipinski definition) is 4. The van der Waals surface area contributed by atoms with Crippen LogP contribution in [-0.4, -0.2) is 28.8 Å². The van der Waals surface area contributed by atoms with Crippen molar-refractivity contribution >= 4 is 29.4 Å². The average molecular weight is 335 g/mol. The van der Waals surface area contributed by atoms with Gasteiger partial charge in [-0.1, -0.05) is 13.8 Å². The molecule has 0 bridgehead atoms. The first-order valence-electron chi connectivity index (χ1n) is 7.49. The molecule has 0 saturated heterocycles. The molecule has 4 N–H and O–H groups in total. The predicted octanol–water partition coefficient (Wildman–Crippen LogP) is 1.30. The summed E-state index contributed by atoms with van der Waals surface area (Å²) in [6.45, 7) is 3.88. The van der Waals surface area contributed by atoms with Gasteiger partial charge in [0, 0.05) is 24.1 Å². The molecule has 0 aliphatic rings. The van der Waals surface area contributed by atoms with Crippen LogP contribution in [0.4, 0.5) is 5.69 Å². The Hall–Kier alpha value is -2.90. The van der Waals surface area contributed by atoms with Gasteiger partial charge < -0.3 is 10.4 Å². The van der Waals surface area contributed by atoms with E-state index >= 15 is 0 Å². The molecular weight excluding hydrogens is 314 g/mol. The van der Waals surface area contributed by atoms with E-state index in [0.29, 0.717) is 12.1 Å². The summed E-state index contributed by atoms with van der Waals surface area (Å²) in [5.74, 6) is -2.08. The summed E-state index contributed by atoms with van der Waals surface area (Å²) >= 11 is 0. The molecule has 0 aromatic heterocycles. The highest BCUT2D eigenvalue weighted by Crippen LogP contribution is 2.11. The fraction of sp³-hybridized carbons (Fsp3) is 0.375. The van der Waals surface area contributed by atoms with Crippen LogP contribution < -0.4 is 16.2 Å². The van der Waals surface area contributed by atoms with Gasteiger partial charge in [-0.3, -0.25) is 30.0 Å². The number of hydrogen-bond donors (Lipinski definition) is 4. The fourth-order valence-corrected chi connectivity index (χ4v) is 1.77. The molecule has 24 heavy (non-hydrogen) atoms. The minimum atomic E-state index is -1.09. The Labute approximate surface area is 139 Å². The maximum Gasteiger partial charge on any atom is 0.303 e. The summed E-state index contributed by atoms with van der Waals surface area (Å²) in [5.41, 5.74) is 5.18. The molecule has 1 aromatic carbocycles. The van der Waals surface area contributed by atoms with E-state index in [1.54, 1.807) is 12.1 Å². The molecular formula is C16H21N3O5. The molecule has 3 amide bonds. The van der Waals surface area contributed by atoms with Crippen molar-refractivity contribution in [2.24, 2.45) is 5.92 Å². The lowest BCUT2D eigenvalue weighted by atomic mass is 10.1. The molecule has 0 aliphatic heterocycles. The third-order valence-electron chi connectivity index (χ3n) is 2.91. The average Bonchev–Trinajstić information content (AvgIpc) is 2.50. The molecule has 0 spiro atoms. The summed E-state index contributed by atoms with van der Waals surface area (Å²) in [7, 11) is 0. The molecule has 0 atom stereocenters. The summed E-state index contributed by atoms with van der Waals surface area (Å²) in [5, 5.41) is 11.2. The van der Waals surface area contributed by atoms with Crippen molar-refractivity contribution < 1.29 is 24.3 Å². The number of amides is 3. The lowest BCUT2D eigenvalue weighted by Crippen LogP contribution is -2.41. The topological polar surface area (TPSA) is 125 Å². The Kier molecular flexibility index (Phi) is 7.41. The van der Waals surface area contributed by atoms with Crippen molar-refractivity contribution in [2.75, 3.05) is 5.32 Å². The highest BCUT2D eigenvalue weighted by atomic mass is 16.4. The summed E-state index contributed by atoms with van der Waals surface area (Å²) in [4.78, 5) is 45.1. The van der Waals surface area contributed by atoms with Gasteiger partial charge in [0.05, 0.1) is 6.42 Å². The number of aliphatic carboxylic acids is 1. The molecule has 0 saturated carbocycles. The van der Waals surface area contributed by atoms with Crippen LogP contribution in [-0.2, 0) is 14.4 Å². The monoisotopic (exact) mass is 335 g/mol. The van der Waals surface area contributed by atoms with Gasteiger partial charge in [-0.2, -0.15) is 0 Å². The second kappa shape index (κ2) is 9.29. The molecule has 0 aliphatic carbocycles. The zero-order valence-corrected chi connectivity index (χ0v) is 13.6. The highest BCUT2D eigenvalue weighted by Gasteiger charge is 2.10. The molecule has 0 heterocycles. The number of benzene rings is 1. The van der Waals surface area contributed by atoms with Crippen LogP contribution in [0.15, 0.2) is 24.3 Å². The second-order valence-corrected chi connectivity index (χ2v) is 5.62. The first-order chi connectivity index (χ1) is 11.3. The standard InChI is InChI=1S/C16H21N3O5/c1-10(2)9-14(21)17-12-5-3-11(4-6-12)16(24)19-18-13(20)7-8-15(22)23/h3-6,10H,7-9H2,1-2H3,(H,17,21)(H,18,20)(H,19,24)(H,22,23). The van der Waals surface area contributed by atoms with Gasteiger partial charge in [0.15, 0.2) is 0 Å². The van der Waals surface area contributed by atoms with Crippen molar-refractivity contribution in [1.29, 1.82) is 0 Å². The van der Waals surface area contributed by atoms with Gasteiger partial charge in [0.1, 0.15) is 0 Å². The SMILES string of the molecule is CC(C)CC(=O)Nc1ccc(C(=O)NNC(=O)CCC(=O)O)cc1. The quantitative estimate of drug-likeness (QED) is 0.559. The molecule has 0 fully saturated rings. The Morgan fingerprint density at radius 2 is 1.58 bits per heavy atom. The molecule has 1 aromatic rings. The predicted molar refractivity (Wildman–Crippen MR) is 87.0 cm³/mol. The molecule has 0 radical (unpaired) electrons. The Balaban J connectivity index is 2.47. The number of nitrogens with one attached hydrogen (secondary N) is 3. The molecule has 8 heteroatoms. The molecule has 130 valence electrons. The van der Waals surface area contributed by atoms with Gasteiger partial charge in [0.25, 0.3) is 5.91 Å². The van der Waals surface area contributed by atoms with Crippen molar-refractivity contribution in [3.05, 3.63) is 29.8 Å². The van der Waals surface area contributed by atoms with Crippen molar-refractivity contribution in [1.82, 2.24) is 10.9 Å². The van der Waals surface area contributed by atoms with E-state index in [1.165, 1.54) is 12.1 Å². The lowest BCUT2D eigenvalue weighted by Gasteiger charge is -2.09. The number of anilines is 1. The van der Waals surface area contributed by atoms with E-state index in [9.17, 15) is 19.2 Å². The lowest BCUT2D eigenvalue weighted by molar-refractivity contribution is -0.138. The van der Waals surface area contributed by atoms with E-state index in [1.807, 2.05) is 13.8 Å². The van der Waals surface area contributed by atoms with E-state index < -0.39 is 17.8 Å². The Bertz CT molecular complexity index is 611. The van der Waals surface area contributed by atoms with E-state index in [0.717, 1.165) is 0 Å². The Morgan fingerprint density at radius 1 is 0.958 bits per heavy atom. The van der Waals surface area contributed by atoms with Crippen LogP contribution in [0.1, 0.15) is 43.5 Å². The van der Waals surface area contributed by atoms with Crippen LogP contribution in [0.25, 0.3) is 0 Å². The summed E-state index contributed by atoms with van der Waals surface area (Å²) in [6, 6.07) is 6.17. The molecule has 1 rings (SSSR count). The number of carboxylic acids is 1. The van der Waals surface area contributed by atoms with Crippen molar-refractivity contribution in [2.45, 2.75) is 33.1 Å². The van der Waals surface area contributed by atoms with Gasteiger partial charge in [0.2, 0.25) is 11.8 Å². The summed E-state index contributed by atoms with van der Waals surface area (Å²) < 4.78 is 0. The largest absolute Gasteiger partial charge is 0.481 e. The van der Waals surface area contributed by atoms with Crippen molar-refractivity contribution in [3.8, 4) is 0 Å².